The van der Waals surface area contributed by atoms with Crippen LogP contribution in [0.2, 0.25) is 5.02 Å². The Bertz CT molecular complexity index is 705. The van der Waals surface area contributed by atoms with Gasteiger partial charge in [-0.3, -0.25) is 4.79 Å². The SMILES string of the molecule is CCOc1ccccc1O[C@H](C)C(=O)Nc1cc(Cl)ccc1OC. The lowest BCUT2D eigenvalue weighted by Gasteiger charge is -2.18. The number of ether oxygens (including phenoxy) is 3. The monoisotopic (exact) mass is 349 g/mol. The molecule has 0 saturated heterocycles. The Kier molecular flexibility index (Phi) is 6.32. The smallest absolute Gasteiger partial charge is 0.265 e. The molecule has 0 aromatic heterocycles. The number of hydrogen-bond acceptors (Lipinski definition) is 4. The van der Waals surface area contributed by atoms with Gasteiger partial charge in [0.25, 0.3) is 5.91 Å². The first-order chi connectivity index (χ1) is 11.5. The summed E-state index contributed by atoms with van der Waals surface area (Å²) in [6, 6.07) is 12.2. The van der Waals surface area contributed by atoms with Crippen molar-refractivity contribution in [1.29, 1.82) is 0 Å². The molecule has 0 bridgehead atoms. The van der Waals surface area contributed by atoms with Crippen LogP contribution < -0.4 is 19.5 Å². The van der Waals surface area contributed by atoms with Crippen LogP contribution in [0.3, 0.4) is 0 Å². The second kappa shape index (κ2) is 8.45. The number of hydrogen-bond donors (Lipinski definition) is 1. The molecule has 128 valence electrons. The molecule has 0 aliphatic rings. The summed E-state index contributed by atoms with van der Waals surface area (Å²) in [5.41, 5.74) is 0.489. The average Bonchev–Trinajstić information content (AvgIpc) is 2.57. The van der Waals surface area contributed by atoms with Crippen molar-refractivity contribution in [1.82, 2.24) is 0 Å². The fraction of sp³-hybridized carbons (Fsp3) is 0.278. The van der Waals surface area contributed by atoms with Crippen molar-refractivity contribution < 1.29 is 19.0 Å². The molecular formula is C18H20ClNO4. The van der Waals surface area contributed by atoms with E-state index in [0.717, 1.165) is 0 Å². The third-order valence-corrected chi connectivity index (χ3v) is 3.48. The maximum Gasteiger partial charge on any atom is 0.265 e. The van der Waals surface area contributed by atoms with E-state index in [4.69, 9.17) is 25.8 Å². The van der Waals surface area contributed by atoms with Gasteiger partial charge in [0, 0.05) is 5.02 Å². The highest BCUT2D eigenvalue weighted by atomic mass is 35.5. The van der Waals surface area contributed by atoms with Crippen LogP contribution in [0.5, 0.6) is 17.2 Å². The molecule has 0 heterocycles. The van der Waals surface area contributed by atoms with Crippen LogP contribution in [-0.2, 0) is 4.79 Å². The lowest BCUT2D eigenvalue weighted by molar-refractivity contribution is -0.122. The van der Waals surface area contributed by atoms with Gasteiger partial charge in [-0.15, -0.1) is 0 Å². The van der Waals surface area contributed by atoms with Gasteiger partial charge in [-0.1, -0.05) is 23.7 Å². The van der Waals surface area contributed by atoms with Crippen LogP contribution in [0.25, 0.3) is 0 Å². The first-order valence-corrected chi connectivity index (χ1v) is 7.95. The Hall–Kier alpha value is -2.40. The van der Waals surface area contributed by atoms with Crippen LogP contribution in [0.1, 0.15) is 13.8 Å². The summed E-state index contributed by atoms with van der Waals surface area (Å²) in [5, 5.41) is 3.26. The molecule has 0 unspecified atom stereocenters. The van der Waals surface area contributed by atoms with Gasteiger partial charge in [0.15, 0.2) is 17.6 Å². The van der Waals surface area contributed by atoms with Gasteiger partial charge < -0.3 is 19.5 Å². The van der Waals surface area contributed by atoms with Crippen LogP contribution >= 0.6 is 11.6 Å². The van der Waals surface area contributed by atoms with Crippen molar-refractivity contribution in [3.8, 4) is 17.2 Å². The van der Waals surface area contributed by atoms with Crippen molar-refractivity contribution in [2.24, 2.45) is 0 Å². The number of amides is 1. The Balaban J connectivity index is 2.09. The summed E-state index contributed by atoms with van der Waals surface area (Å²) in [4.78, 5) is 12.4. The van der Waals surface area contributed by atoms with Gasteiger partial charge in [-0.25, -0.2) is 0 Å². The van der Waals surface area contributed by atoms with Crippen LogP contribution in [0, 0.1) is 0 Å². The second-order valence-electron chi connectivity index (χ2n) is 4.97. The highest BCUT2D eigenvalue weighted by Gasteiger charge is 2.18. The van der Waals surface area contributed by atoms with Crippen LogP contribution in [-0.4, -0.2) is 25.7 Å². The van der Waals surface area contributed by atoms with Gasteiger partial charge in [0.05, 0.1) is 19.4 Å². The Morgan fingerprint density at radius 2 is 1.88 bits per heavy atom. The van der Waals surface area contributed by atoms with E-state index in [2.05, 4.69) is 5.32 Å². The number of carbonyl (C=O) groups excluding carboxylic acids is 1. The molecular weight excluding hydrogens is 330 g/mol. The molecule has 1 N–H and O–H groups in total. The number of halogens is 1. The minimum atomic E-state index is -0.727. The van der Waals surface area contributed by atoms with Gasteiger partial charge in [0.2, 0.25) is 0 Å². The van der Waals surface area contributed by atoms with E-state index in [-0.39, 0.29) is 5.91 Å². The Labute approximate surface area is 146 Å². The number of carbonyl (C=O) groups is 1. The molecule has 0 aliphatic heterocycles. The Morgan fingerprint density at radius 1 is 1.17 bits per heavy atom. The predicted octanol–water partition coefficient (Wildman–Crippen LogP) is 4.15. The molecule has 24 heavy (non-hydrogen) atoms. The fourth-order valence-electron chi connectivity index (χ4n) is 2.08. The second-order valence-corrected chi connectivity index (χ2v) is 5.41. The minimum absolute atomic E-state index is 0.318. The zero-order valence-corrected chi connectivity index (χ0v) is 14.6. The molecule has 2 rings (SSSR count). The standard InChI is InChI=1S/C18H20ClNO4/c1-4-23-16-7-5-6-8-17(16)24-12(2)18(21)20-14-11-13(19)9-10-15(14)22-3/h5-12H,4H2,1-3H3,(H,20,21)/t12-/m1/s1. The highest BCUT2D eigenvalue weighted by molar-refractivity contribution is 6.31. The van der Waals surface area contributed by atoms with Crippen LogP contribution in [0.15, 0.2) is 42.5 Å². The molecule has 2 aromatic carbocycles. The first kappa shape index (κ1) is 17.9. The van der Waals surface area contributed by atoms with Gasteiger partial charge in [0.1, 0.15) is 5.75 Å². The summed E-state index contributed by atoms with van der Waals surface area (Å²) < 4.78 is 16.4. The Morgan fingerprint density at radius 3 is 2.54 bits per heavy atom. The topological polar surface area (TPSA) is 56.8 Å². The summed E-state index contributed by atoms with van der Waals surface area (Å²) in [6.07, 6.45) is -0.727. The quantitative estimate of drug-likeness (QED) is 0.815. The van der Waals surface area contributed by atoms with Gasteiger partial charge in [-0.2, -0.15) is 0 Å². The zero-order valence-electron chi connectivity index (χ0n) is 13.8. The van der Waals surface area contributed by atoms with E-state index in [1.54, 1.807) is 37.3 Å². The number of para-hydroxylation sites is 2. The molecule has 2 aromatic rings. The molecule has 0 saturated carbocycles. The molecule has 0 spiro atoms. The van der Waals surface area contributed by atoms with E-state index in [1.165, 1.54) is 7.11 Å². The molecule has 0 radical (unpaired) electrons. The van der Waals surface area contributed by atoms with Crippen LogP contribution in [0.4, 0.5) is 5.69 Å². The number of anilines is 1. The molecule has 6 heteroatoms. The van der Waals surface area contributed by atoms with Crippen molar-refractivity contribution in [2.45, 2.75) is 20.0 Å². The zero-order chi connectivity index (χ0) is 17.5. The van der Waals surface area contributed by atoms with E-state index in [0.29, 0.717) is 34.6 Å². The van der Waals surface area contributed by atoms with E-state index in [9.17, 15) is 4.79 Å². The number of methoxy groups -OCH3 is 1. The maximum atomic E-state index is 12.4. The number of nitrogens with one attached hydrogen (secondary N) is 1. The van der Waals surface area contributed by atoms with E-state index >= 15 is 0 Å². The van der Waals surface area contributed by atoms with E-state index < -0.39 is 6.10 Å². The normalized spacial score (nSPS) is 11.5. The van der Waals surface area contributed by atoms with Gasteiger partial charge >= 0.3 is 0 Å². The summed E-state index contributed by atoms with van der Waals surface area (Å²) in [7, 11) is 1.52. The maximum absolute atomic E-state index is 12.4. The predicted molar refractivity (Wildman–Crippen MR) is 94.3 cm³/mol. The van der Waals surface area contributed by atoms with Crippen molar-refractivity contribution in [3.05, 3.63) is 47.5 Å². The third-order valence-electron chi connectivity index (χ3n) is 3.24. The molecule has 5 nitrogen and oxygen atoms in total. The van der Waals surface area contributed by atoms with Crippen molar-refractivity contribution >= 4 is 23.2 Å². The summed E-state index contributed by atoms with van der Waals surface area (Å²) >= 11 is 5.97. The number of benzene rings is 2. The molecule has 1 atom stereocenters. The van der Waals surface area contributed by atoms with E-state index in [1.807, 2.05) is 19.1 Å². The molecule has 0 aliphatic carbocycles. The number of rotatable bonds is 7. The average molecular weight is 350 g/mol. The summed E-state index contributed by atoms with van der Waals surface area (Å²) in [5.74, 6) is 1.32. The van der Waals surface area contributed by atoms with Gasteiger partial charge in [-0.05, 0) is 44.2 Å². The lowest BCUT2D eigenvalue weighted by atomic mass is 10.2. The third kappa shape index (κ3) is 4.55. The lowest BCUT2D eigenvalue weighted by Crippen LogP contribution is -2.30. The minimum Gasteiger partial charge on any atom is -0.495 e. The van der Waals surface area contributed by atoms with Crippen molar-refractivity contribution in [3.63, 3.8) is 0 Å². The first-order valence-electron chi connectivity index (χ1n) is 7.58. The fourth-order valence-corrected chi connectivity index (χ4v) is 2.25. The molecule has 1 amide bonds. The highest BCUT2D eigenvalue weighted by Crippen LogP contribution is 2.29. The summed E-state index contributed by atoms with van der Waals surface area (Å²) in [6.45, 7) is 4.06. The largest absolute Gasteiger partial charge is 0.495 e. The van der Waals surface area contributed by atoms with Crippen molar-refractivity contribution in [2.75, 3.05) is 19.0 Å². The molecule has 0 fully saturated rings.